The van der Waals surface area contributed by atoms with Crippen LogP contribution in [-0.4, -0.2) is 36.0 Å². The maximum absolute atomic E-state index is 12.2. The lowest BCUT2D eigenvalue weighted by atomic mass is 10.0. The second-order valence-corrected chi connectivity index (χ2v) is 5.38. The van der Waals surface area contributed by atoms with Crippen LogP contribution in [0.5, 0.6) is 0 Å². The quantitative estimate of drug-likeness (QED) is 0.722. The molecular formula is C13H24N2O. The lowest BCUT2D eigenvalue weighted by Crippen LogP contribution is -2.48. The van der Waals surface area contributed by atoms with Crippen LogP contribution in [0.25, 0.3) is 0 Å². The Hall–Kier alpha value is -0.570. The molecule has 3 unspecified atom stereocenters. The summed E-state index contributed by atoms with van der Waals surface area (Å²) < 4.78 is 0. The summed E-state index contributed by atoms with van der Waals surface area (Å²) >= 11 is 0. The van der Waals surface area contributed by atoms with Crippen LogP contribution in [0.2, 0.25) is 0 Å². The van der Waals surface area contributed by atoms with Crippen LogP contribution in [0.3, 0.4) is 0 Å². The van der Waals surface area contributed by atoms with E-state index in [2.05, 4.69) is 24.1 Å². The minimum absolute atomic E-state index is 0.228. The van der Waals surface area contributed by atoms with Gasteiger partial charge in [-0.25, -0.2) is 0 Å². The Morgan fingerprint density at radius 2 is 2.31 bits per heavy atom. The molecule has 0 aliphatic carbocycles. The van der Waals surface area contributed by atoms with Crippen LogP contribution in [0.15, 0.2) is 0 Å². The van der Waals surface area contributed by atoms with Crippen LogP contribution < -0.4 is 5.32 Å². The summed E-state index contributed by atoms with van der Waals surface area (Å²) in [6, 6.07) is 1.07. The van der Waals surface area contributed by atoms with E-state index >= 15 is 0 Å². The zero-order valence-corrected chi connectivity index (χ0v) is 10.5. The third-order valence-corrected chi connectivity index (χ3v) is 4.00. The van der Waals surface area contributed by atoms with E-state index in [9.17, 15) is 4.79 Å². The molecule has 3 heteroatoms. The van der Waals surface area contributed by atoms with Crippen LogP contribution in [0.4, 0.5) is 0 Å². The minimum Gasteiger partial charge on any atom is -0.337 e. The van der Waals surface area contributed by atoms with Gasteiger partial charge in [-0.05, 0) is 12.8 Å². The molecule has 16 heavy (non-hydrogen) atoms. The third-order valence-electron chi connectivity index (χ3n) is 4.00. The Labute approximate surface area is 98.6 Å². The van der Waals surface area contributed by atoms with Gasteiger partial charge in [-0.15, -0.1) is 0 Å². The number of rotatable bonds is 5. The fraction of sp³-hybridized carbons (Fsp3) is 0.923. The third kappa shape index (κ3) is 2.40. The molecule has 2 saturated heterocycles. The smallest absolute Gasteiger partial charge is 0.225 e. The van der Waals surface area contributed by atoms with Gasteiger partial charge in [-0.2, -0.15) is 0 Å². The zero-order valence-electron chi connectivity index (χ0n) is 10.5. The largest absolute Gasteiger partial charge is 0.337 e. The van der Waals surface area contributed by atoms with Gasteiger partial charge in [-0.3, -0.25) is 4.79 Å². The second-order valence-electron chi connectivity index (χ2n) is 5.38. The summed E-state index contributed by atoms with van der Waals surface area (Å²) in [5.41, 5.74) is 0. The number of fused-ring (bicyclic) bond motifs is 2. The van der Waals surface area contributed by atoms with E-state index in [4.69, 9.17) is 0 Å². The number of likely N-dealkylation sites (tertiary alicyclic amines) is 1. The van der Waals surface area contributed by atoms with Crippen molar-refractivity contribution in [3.63, 3.8) is 0 Å². The van der Waals surface area contributed by atoms with E-state index < -0.39 is 0 Å². The highest BCUT2D eigenvalue weighted by molar-refractivity contribution is 5.79. The predicted molar refractivity (Wildman–Crippen MR) is 65.2 cm³/mol. The molecule has 2 fully saturated rings. The molecule has 1 N–H and O–H groups in total. The molecule has 92 valence electrons. The summed E-state index contributed by atoms with van der Waals surface area (Å²) in [6.07, 6.45) is 5.93. The van der Waals surface area contributed by atoms with Crippen molar-refractivity contribution in [2.75, 3.05) is 13.1 Å². The first-order valence-corrected chi connectivity index (χ1v) is 6.76. The monoisotopic (exact) mass is 224 g/mol. The van der Waals surface area contributed by atoms with E-state index in [0.717, 1.165) is 19.5 Å². The van der Waals surface area contributed by atoms with E-state index in [1.54, 1.807) is 0 Å². The molecule has 2 heterocycles. The molecule has 0 aromatic carbocycles. The summed E-state index contributed by atoms with van der Waals surface area (Å²) in [5, 5.41) is 3.44. The van der Waals surface area contributed by atoms with Gasteiger partial charge in [0.1, 0.15) is 0 Å². The normalized spacial score (nSPS) is 29.8. The Morgan fingerprint density at radius 3 is 2.88 bits per heavy atom. The summed E-state index contributed by atoms with van der Waals surface area (Å²) in [4.78, 5) is 14.4. The second kappa shape index (κ2) is 5.17. The maximum atomic E-state index is 12.2. The highest BCUT2D eigenvalue weighted by atomic mass is 16.2. The van der Waals surface area contributed by atoms with Crippen LogP contribution in [0.1, 0.15) is 46.0 Å². The maximum Gasteiger partial charge on any atom is 0.225 e. The van der Waals surface area contributed by atoms with Gasteiger partial charge in [0.15, 0.2) is 0 Å². The molecular weight excluding hydrogens is 200 g/mol. The van der Waals surface area contributed by atoms with Crippen molar-refractivity contribution in [1.82, 2.24) is 10.2 Å². The highest BCUT2D eigenvalue weighted by Gasteiger charge is 2.40. The van der Waals surface area contributed by atoms with Gasteiger partial charge >= 0.3 is 0 Å². The number of unbranched alkanes of at least 4 members (excludes halogenated alkanes) is 2. The number of nitrogens with one attached hydrogen (secondary N) is 1. The van der Waals surface area contributed by atoms with Gasteiger partial charge in [0.2, 0.25) is 5.91 Å². The average Bonchev–Trinajstić information content (AvgIpc) is 2.90. The average molecular weight is 224 g/mol. The van der Waals surface area contributed by atoms with Gasteiger partial charge < -0.3 is 10.2 Å². The molecule has 0 aromatic rings. The molecule has 0 saturated carbocycles. The van der Waals surface area contributed by atoms with Crippen LogP contribution >= 0.6 is 0 Å². The molecule has 2 bridgehead atoms. The van der Waals surface area contributed by atoms with E-state index in [0.29, 0.717) is 18.0 Å². The Bertz CT molecular complexity index is 254. The van der Waals surface area contributed by atoms with Gasteiger partial charge in [-0.1, -0.05) is 33.1 Å². The summed E-state index contributed by atoms with van der Waals surface area (Å²) in [5.74, 6) is 0.621. The van der Waals surface area contributed by atoms with Crippen molar-refractivity contribution in [3.8, 4) is 0 Å². The van der Waals surface area contributed by atoms with Gasteiger partial charge in [0, 0.05) is 31.1 Å². The topological polar surface area (TPSA) is 32.3 Å². The van der Waals surface area contributed by atoms with Crippen LogP contribution in [-0.2, 0) is 4.79 Å². The molecule has 2 rings (SSSR count). The lowest BCUT2D eigenvalue weighted by molar-refractivity contribution is -0.136. The number of nitrogens with zero attached hydrogens (tertiary/aromatic N) is 1. The molecule has 2 aliphatic heterocycles. The number of amides is 1. The number of carbonyl (C=O) groups is 1. The summed E-state index contributed by atoms with van der Waals surface area (Å²) in [7, 11) is 0. The van der Waals surface area contributed by atoms with Crippen molar-refractivity contribution in [2.45, 2.75) is 58.0 Å². The fourth-order valence-electron chi connectivity index (χ4n) is 2.94. The lowest BCUT2D eigenvalue weighted by Gasteiger charge is -2.30. The number of carbonyl (C=O) groups excluding carboxylic acids is 1. The molecule has 3 atom stereocenters. The summed E-state index contributed by atoms with van der Waals surface area (Å²) in [6.45, 7) is 6.26. The van der Waals surface area contributed by atoms with E-state index in [1.165, 1.54) is 25.7 Å². The van der Waals surface area contributed by atoms with Crippen molar-refractivity contribution in [2.24, 2.45) is 5.92 Å². The van der Waals surface area contributed by atoms with Crippen molar-refractivity contribution in [3.05, 3.63) is 0 Å². The molecule has 1 amide bonds. The van der Waals surface area contributed by atoms with Crippen LogP contribution in [0, 0.1) is 5.92 Å². The molecule has 0 spiro atoms. The minimum atomic E-state index is 0.228. The van der Waals surface area contributed by atoms with Crippen molar-refractivity contribution in [1.29, 1.82) is 0 Å². The van der Waals surface area contributed by atoms with Gasteiger partial charge in [0.05, 0.1) is 0 Å². The number of hydrogen-bond acceptors (Lipinski definition) is 2. The molecule has 3 nitrogen and oxygen atoms in total. The Morgan fingerprint density at radius 1 is 1.50 bits per heavy atom. The first-order valence-electron chi connectivity index (χ1n) is 6.76. The Kier molecular flexibility index (Phi) is 3.85. The highest BCUT2D eigenvalue weighted by Crippen LogP contribution is 2.26. The SMILES string of the molecule is CCCCCC(C)C(=O)N1CC2CC1CN2. The first-order chi connectivity index (χ1) is 7.72. The van der Waals surface area contributed by atoms with Crippen molar-refractivity contribution >= 4 is 5.91 Å². The van der Waals surface area contributed by atoms with Crippen molar-refractivity contribution < 1.29 is 4.79 Å². The number of hydrogen-bond donors (Lipinski definition) is 1. The Balaban J connectivity index is 1.78. The first kappa shape index (κ1) is 11.9. The van der Waals surface area contributed by atoms with E-state index in [-0.39, 0.29) is 5.92 Å². The molecule has 0 radical (unpaired) electrons. The van der Waals surface area contributed by atoms with Gasteiger partial charge in [0.25, 0.3) is 0 Å². The zero-order chi connectivity index (χ0) is 11.5. The predicted octanol–water partition coefficient (Wildman–Crippen LogP) is 1.78. The number of piperazine rings is 1. The molecule has 0 aromatic heterocycles. The fourth-order valence-corrected chi connectivity index (χ4v) is 2.94. The standard InChI is InChI=1S/C13H24N2O/c1-3-4-5-6-10(2)13(16)15-9-11-7-12(15)8-14-11/h10-12,14H,3-9H2,1-2H3. The molecule has 2 aliphatic rings. The van der Waals surface area contributed by atoms with E-state index in [1.807, 2.05) is 0 Å².